The molecule has 6 nitrogen and oxygen atoms in total. The van der Waals surface area contributed by atoms with Crippen LogP contribution in [0.1, 0.15) is 40.6 Å². The zero-order chi connectivity index (χ0) is 24.7. The molecule has 3 aromatic rings. The van der Waals surface area contributed by atoms with Crippen LogP contribution < -0.4 is 19.5 Å². The summed E-state index contributed by atoms with van der Waals surface area (Å²) in [7, 11) is -0.406. The maximum Gasteiger partial charge on any atom is 0.261 e. The van der Waals surface area contributed by atoms with E-state index in [9.17, 15) is 8.42 Å². The standard InChI is InChI=1S/C28H30N2O4S/c1-17-8-11-25(18(2)14-17)30-35(31,32)20-10-12-26-23(16-20)21-6-5-7-22(21)28(29-26)24-15-19(33-3)9-13-27(24)34-4/h5-6,8-16,21-22,28-30H,7H2,1-4H3/t21-,22+,28-/m0/s1. The molecule has 1 aliphatic carbocycles. The van der Waals surface area contributed by atoms with Crippen LogP contribution in [0.5, 0.6) is 11.5 Å². The van der Waals surface area contributed by atoms with Crippen LogP contribution in [-0.4, -0.2) is 22.6 Å². The molecule has 0 bridgehead atoms. The minimum absolute atomic E-state index is 0.00309. The Morgan fingerprint density at radius 1 is 0.943 bits per heavy atom. The topological polar surface area (TPSA) is 76.7 Å². The van der Waals surface area contributed by atoms with Gasteiger partial charge in [0.15, 0.2) is 0 Å². The number of allylic oxidation sites excluding steroid dienone is 2. The molecule has 1 heterocycles. The Kier molecular flexibility index (Phi) is 5.97. The number of nitrogens with one attached hydrogen (secondary N) is 2. The normalized spacial score (nSPS) is 20.5. The van der Waals surface area contributed by atoms with Crippen molar-refractivity contribution in [2.45, 2.75) is 37.1 Å². The highest BCUT2D eigenvalue weighted by Crippen LogP contribution is 2.52. The van der Waals surface area contributed by atoms with E-state index in [1.807, 2.05) is 56.3 Å². The van der Waals surface area contributed by atoms with Crippen LogP contribution in [0.25, 0.3) is 0 Å². The summed E-state index contributed by atoms with van der Waals surface area (Å²) in [5.41, 5.74) is 5.52. The van der Waals surface area contributed by atoms with Gasteiger partial charge in [-0.2, -0.15) is 0 Å². The first kappa shape index (κ1) is 23.3. The summed E-state index contributed by atoms with van der Waals surface area (Å²) >= 11 is 0. The number of rotatable bonds is 6. The van der Waals surface area contributed by atoms with Gasteiger partial charge in [0.1, 0.15) is 11.5 Å². The second kappa shape index (κ2) is 8.96. The van der Waals surface area contributed by atoms with Crippen LogP contribution in [0, 0.1) is 19.8 Å². The molecule has 5 rings (SSSR count). The van der Waals surface area contributed by atoms with Gasteiger partial charge in [0, 0.05) is 17.2 Å². The second-order valence-electron chi connectivity index (χ2n) is 9.26. The van der Waals surface area contributed by atoms with Crippen molar-refractivity contribution < 1.29 is 17.9 Å². The van der Waals surface area contributed by atoms with Gasteiger partial charge in [-0.3, -0.25) is 4.72 Å². The number of aryl methyl sites for hydroxylation is 2. The smallest absolute Gasteiger partial charge is 0.261 e. The first-order valence-electron chi connectivity index (χ1n) is 11.7. The molecule has 1 aliphatic heterocycles. The number of hydrogen-bond acceptors (Lipinski definition) is 5. The molecule has 0 saturated heterocycles. The number of methoxy groups -OCH3 is 2. The van der Waals surface area contributed by atoms with E-state index in [-0.39, 0.29) is 22.8 Å². The van der Waals surface area contributed by atoms with E-state index in [4.69, 9.17) is 9.47 Å². The zero-order valence-corrected chi connectivity index (χ0v) is 21.1. The van der Waals surface area contributed by atoms with Crippen molar-refractivity contribution in [3.8, 4) is 11.5 Å². The van der Waals surface area contributed by atoms with Gasteiger partial charge in [0.05, 0.1) is 30.8 Å². The van der Waals surface area contributed by atoms with Gasteiger partial charge < -0.3 is 14.8 Å². The van der Waals surface area contributed by atoms with Crippen molar-refractivity contribution in [3.05, 3.63) is 89.0 Å². The Morgan fingerprint density at radius 3 is 2.51 bits per heavy atom. The van der Waals surface area contributed by atoms with E-state index in [2.05, 4.69) is 22.2 Å². The average molecular weight is 491 g/mol. The summed E-state index contributed by atoms with van der Waals surface area (Å²) in [4.78, 5) is 0.259. The molecule has 0 radical (unpaired) electrons. The summed E-state index contributed by atoms with van der Waals surface area (Å²) in [5, 5.41) is 3.66. The first-order valence-corrected chi connectivity index (χ1v) is 13.2. The predicted molar refractivity (Wildman–Crippen MR) is 139 cm³/mol. The molecule has 0 fully saturated rings. The van der Waals surface area contributed by atoms with Crippen LogP contribution in [0.15, 0.2) is 71.6 Å². The van der Waals surface area contributed by atoms with Gasteiger partial charge >= 0.3 is 0 Å². The van der Waals surface area contributed by atoms with E-state index in [1.54, 1.807) is 26.4 Å². The van der Waals surface area contributed by atoms with Gasteiger partial charge in [-0.15, -0.1) is 0 Å². The van der Waals surface area contributed by atoms with E-state index in [1.165, 1.54) is 0 Å². The van der Waals surface area contributed by atoms with Gasteiger partial charge in [-0.05, 0) is 79.8 Å². The Bertz CT molecular complexity index is 1410. The van der Waals surface area contributed by atoms with Gasteiger partial charge in [-0.1, -0.05) is 29.8 Å². The highest BCUT2D eigenvalue weighted by Gasteiger charge is 2.39. The van der Waals surface area contributed by atoms with Crippen molar-refractivity contribution >= 4 is 21.4 Å². The van der Waals surface area contributed by atoms with E-state index in [0.717, 1.165) is 45.9 Å². The number of benzene rings is 3. The molecule has 0 unspecified atom stereocenters. The molecule has 182 valence electrons. The van der Waals surface area contributed by atoms with Crippen LogP contribution in [0.4, 0.5) is 11.4 Å². The van der Waals surface area contributed by atoms with E-state index < -0.39 is 10.0 Å². The van der Waals surface area contributed by atoms with Crippen LogP contribution in [0.3, 0.4) is 0 Å². The Morgan fingerprint density at radius 2 is 1.77 bits per heavy atom. The number of sulfonamides is 1. The molecule has 0 spiro atoms. The van der Waals surface area contributed by atoms with E-state index >= 15 is 0 Å². The fraction of sp³-hybridized carbons (Fsp3) is 0.286. The van der Waals surface area contributed by atoms with Gasteiger partial charge in [0.2, 0.25) is 0 Å². The van der Waals surface area contributed by atoms with Crippen LogP contribution >= 0.6 is 0 Å². The third-order valence-corrected chi connectivity index (χ3v) is 8.41. The Labute approximate surface area is 207 Å². The largest absolute Gasteiger partial charge is 0.497 e. The molecule has 2 aliphatic rings. The number of ether oxygens (including phenoxy) is 2. The minimum Gasteiger partial charge on any atom is -0.497 e. The van der Waals surface area contributed by atoms with Crippen molar-refractivity contribution in [1.82, 2.24) is 0 Å². The fourth-order valence-corrected chi connectivity index (χ4v) is 6.43. The fourth-order valence-electron chi connectivity index (χ4n) is 5.26. The van der Waals surface area contributed by atoms with Gasteiger partial charge in [-0.25, -0.2) is 8.42 Å². The molecular formula is C28H30N2O4S. The zero-order valence-electron chi connectivity index (χ0n) is 20.3. The van der Waals surface area contributed by atoms with Crippen LogP contribution in [-0.2, 0) is 10.0 Å². The lowest BCUT2D eigenvalue weighted by atomic mass is 9.77. The summed E-state index contributed by atoms with van der Waals surface area (Å²) in [6.45, 7) is 3.89. The highest BCUT2D eigenvalue weighted by molar-refractivity contribution is 7.92. The monoisotopic (exact) mass is 490 g/mol. The summed E-state index contributed by atoms with van der Waals surface area (Å²) in [5.74, 6) is 1.90. The molecular weight excluding hydrogens is 460 g/mol. The Hall–Kier alpha value is -3.45. The summed E-state index contributed by atoms with van der Waals surface area (Å²) in [6, 6.07) is 16.9. The molecule has 0 saturated carbocycles. The first-order chi connectivity index (χ1) is 16.8. The maximum absolute atomic E-state index is 13.3. The van der Waals surface area contributed by atoms with Crippen LogP contribution in [0.2, 0.25) is 0 Å². The SMILES string of the molecule is COc1ccc(OC)c([C@H]2Nc3ccc(S(=O)(=O)Nc4ccc(C)cc4C)cc3[C@H]3C=CC[C@H]32)c1. The average Bonchev–Trinajstić information content (AvgIpc) is 3.35. The molecule has 0 amide bonds. The minimum atomic E-state index is -3.73. The van der Waals surface area contributed by atoms with E-state index in [0.29, 0.717) is 5.69 Å². The summed E-state index contributed by atoms with van der Waals surface area (Å²) in [6.07, 6.45) is 5.26. The molecule has 3 atom stereocenters. The molecule has 7 heteroatoms. The van der Waals surface area contributed by atoms with Crippen molar-refractivity contribution in [1.29, 1.82) is 0 Å². The quantitative estimate of drug-likeness (QED) is 0.418. The van der Waals surface area contributed by atoms with Crippen molar-refractivity contribution in [2.75, 3.05) is 24.3 Å². The highest BCUT2D eigenvalue weighted by atomic mass is 32.2. The predicted octanol–water partition coefficient (Wildman–Crippen LogP) is 5.95. The third kappa shape index (κ3) is 4.25. The maximum atomic E-state index is 13.3. The second-order valence-corrected chi connectivity index (χ2v) is 10.9. The lowest BCUT2D eigenvalue weighted by molar-refractivity contribution is 0.374. The lowest BCUT2D eigenvalue weighted by Gasteiger charge is -2.38. The summed E-state index contributed by atoms with van der Waals surface area (Å²) < 4.78 is 40.5. The number of hydrogen-bond donors (Lipinski definition) is 2. The van der Waals surface area contributed by atoms with Crippen molar-refractivity contribution in [3.63, 3.8) is 0 Å². The molecule has 0 aromatic heterocycles. The molecule has 35 heavy (non-hydrogen) atoms. The van der Waals surface area contributed by atoms with Gasteiger partial charge in [0.25, 0.3) is 10.0 Å². The Balaban J connectivity index is 1.51. The third-order valence-electron chi connectivity index (χ3n) is 7.04. The molecule has 3 aromatic carbocycles. The van der Waals surface area contributed by atoms with Crippen molar-refractivity contribution in [2.24, 2.45) is 5.92 Å². The number of anilines is 2. The lowest BCUT2D eigenvalue weighted by Crippen LogP contribution is -2.29. The molecule has 2 N–H and O–H groups in total. The number of fused-ring (bicyclic) bond motifs is 3.